The number of piperidine rings is 1. The van der Waals surface area contributed by atoms with Gasteiger partial charge in [0, 0.05) is 23.6 Å². The zero-order chi connectivity index (χ0) is 15.8. The average Bonchev–Trinajstić information content (AvgIpc) is 2.40. The quantitative estimate of drug-likeness (QED) is 0.820. The van der Waals surface area contributed by atoms with Crippen LogP contribution >= 0.6 is 15.9 Å². The number of halogens is 4. The molecule has 1 aromatic carbocycles. The van der Waals surface area contributed by atoms with Crippen LogP contribution in [-0.2, 0) is 15.8 Å². The van der Waals surface area contributed by atoms with Crippen molar-refractivity contribution < 1.29 is 22.8 Å². The molecule has 2 rings (SSSR count). The third kappa shape index (κ3) is 3.37. The van der Waals surface area contributed by atoms with Crippen molar-refractivity contribution in [2.24, 2.45) is 0 Å². The van der Waals surface area contributed by atoms with Crippen LogP contribution < -0.4 is 5.32 Å². The molecule has 0 aromatic heterocycles. The number of amides is 2. The fraction of sp³-hybridized carbons (Fsp3) is 0.385. The maximum absolute atomic E-state index is 13.0. The Morgan fingerprint density at radius 3 is 2.62 bits per heavy atom. The van der Waals surface area contributed by atoms with Crippen LogP contribution in [0.5, 0.6) is 0 Å². The molecule has 8 heteroatoms. The van der Waals surface area contributed by atoms with E-state index in [9.17, 15) is 22.8 Å². The van der Waals surface area contributed by atoms with Crippen molar-refractivity contribution in [2.75, 3.05) is 12.4 Å². The second-order valence-corrected chi connectivity index (χ2v) is 5.63. The lowest BCUT2D eigenvalue weighted by molar-refractivity contribution is -0.147. The normalized spacial score (nSPS) is 19.9. The number of anilines is 1. The van der Waals surface area contributed by atoms with Crippen LogP contribution in [0.2, 0.25) is 0 Å². The highest BCUT2D eigenvalue weighted by molar-refractivity contribution is 9.10. The fourth-order valence-corrected chi connectivity index (χ4v) is 2.48. The predicted octanol–water partition coefficient (Wildman–Crippen LogP) is 3.03. The maximum Gasteiger partial charge on any atom is 0.418 e. The summed E-state index contributed by atoms with van der Waals surface area (Å²) in [5, 5.41) is 2.60. The first-order valence-corrected chi connectivity index (χ1v) is 6.93. The standard InChI is InChI=1S/C13H12BrF3N2O2/c1-19-11(20)5-4-10(12(19)21)18-9-3-2-7(14)6-8(9)13(15,16)17/h2-3,6,10,18H,4-5H2,1H3. The number of benzene rings is 1. The second kappa shape index (κ2) is 5.67. The lowest BCUT2D eigenvalue weighted by Gasteiger charge is -2.29. The summed E-state index contributed by atoms with van der Waals surface area (Å²) in [4.78, 5) is 24.2. The first-order chi connectivity index (χ1) is 9.70. The van der Waals surface area contributed by atoms with E-state index in [0.29, 0.717) is 4.47 Å². The summed E-state index contributed by atoms with van der Waals surface area (Å²) >= 11 is 3.00. The molecule has 114 valence electrons. The molecule has 0 bridgehead atoms. The Morgan fingerprint density at radius 1 is 1.33 bits per heavy atom. The summed E-state index contributed by atoms with van der Waals surface area (Å²) in [5.74, 6) is -0.854. The minimum Gasteiger partial charge on any atom is -0.373 e. The molecule has 1 aliphatic heterocycles. The van der Waals surface area contributed by atoms with Gasteiger partial charge < -0.3 is 5.32 Å². The third-order valence-corrected chi connectivity index (χ3v) is 3.76. The monoisotopic (exact) mass is 364 g/mol. The van der Waals surface area contributed by atoms with Gasteiger partial charge in [-0.05, 0) is 24.6 Å². The number of likely N-dealkylation sites (tertiary alicyclic amines) is 1. The molecule has 1 aliphatic rings. The van der Waals surface area contributed by atoms with E-state index in [4.69, 9.17) is 0 Å². The van der Waals surface area contributed by atoms with Crippen LogP contribution in [0.25, 0.3) is 0 Å². The van der Waals surface area contributed by atoms with Crippen molar-refractivity contribution in [3.63, 3.8) is 0 Å². The van der Waals surface area contributed by atoms with E-state index < -0.39 is 23.7 Å². The number of nitrogens with zero attached hydrogens (tertiary/aromatic N) is 1. The molecule has 1 aromatic rings. The number of rotatable bonds is 2. The van der Waals surface area contributed by atoms with Crippen LogP contribution in [0.15, 0.2) is 22.7 Å². The molecule has 21 heavy (non-hydrogen) atoms. The molecule has 4 nitrogen and oxygen atoms in total. The Balaban J connectivity index is 2.28. The molecule has 1 saturated heterocycles. The topological polar surface area (TPSA) is 49.4 Å². The van der Waals surface area contributed by atoms with E-state index in [1.807, 2.05) is 0 Å². The van der Waals surface area contributed by atoms with Gasteiger partial charge in [0.25, 0.3) is 5.91 Å². The molecule has 2 amide bonds. The smallest absolute Gasteiger partial charge is 0.373 e. The zero-order valence-electron chi connectivity index (χ0n) is 11.0. The summed E-state index contributed by atoms with van der Waals surface area (Å²) in [6.45, 7) is 0. The summed E-state index contributed by atoms with van der Waals surface area (Å²) in [6.07, 6.45) is -4.24. The molecule has 1 heterocycles. The van der Waals surface area contributed by atoms with E-state index in [1.54, 1.807) is 0 Å². The highest BCUT2D eigenvalue weighted by Crippen LogP contribution is 2.37. The fourth-order valence-electron chi connectivity index (χ4n) is 2.11. The van der Waals surface area contributed by atoms with Gasteiger partial charge in [-0.1, -0.05) is 15.9 Å². The summed E-state index contributed by atoms with van der Waals surface area (Å²) in [6, 6.07) is 2.83. The Labute approximate surface area is 127 Å². The number of carbonyl (C=O) groups is 2. The van der Waals surface area contributed by atoms with E-state index in [1.165, 1.54) is 19.2 Å². The van der Waals surface area contributed by atoms with Gasteiger partial charge in [-0.15, -0.1) is 0 Å². The predicted molar refractivity (Wildman–Crippen MR) is 73.6 cm³/mol. The van der Waals surface area contributed by atoms with Gasteiger partial charge in [0.05, 0.1) is 5.56 Å². The molecular formula is C13H12BrF3N2O2. The Morgan fingerprint density at radius 2 is 2.00 bits per heavy atom. The average molecular weight is 365 g/mol. The maximum atomic E-state index is 13.0. The Kier molecular flexibility index (Phi) is 4.27. The van der Waals surface area contributed by atoms with E-state index in [-0.39, 0.29) is 24.4 Å². The first kappa shape index (κ1) is 15.8. The van der Waals surface area contributed by atoms with Gasteiger partial charge in [-0.25, -0.2) is 0 Å². The van der Waals surface area contributed by atoms with Crippen LogP contribution in [0.3, 0.4) is 0 Å². The Bertz CT molecular complexity index is 589. The molecule has 0 saturated carbocycles. The van der Waals surface area contributed by atoms with Gasteiger partial charge in [0.1, 0.15) is 6.04 Å². The van der Waals surface area contributed by atoms with Crippen LogP contribution in [0.4, 0.5) is 18.9 Å². The second-order valence-electron chi connectivity index (χ2n) is 4.71. The molecule has 1 fully saturated rings. The van der Waals surface area contributed by atoms with Gasteiger partial charge in [0.2, 0.25) is 5.91 Å². The van der Waals surface area contributed by atoms with Gasteiger partial charge in [-0.2, -0.15) is 13.2 Å². The van der Waals surface area contributed by atoms with Crippen molar-refractivity contribution in [1.82, 2.24) is 4.90 Å². The van der Waals surface area contributed by atoms with Crippen LogP contribution in [-0.4, -0.2) is 29.8 Å². The summed E-state index contributed by atoms with van der Waals surface area (Å²) < 4.78 is 39.3. The number of carbonyl (C=O) groups excluding carboxylic acids is 2. The number of imide groups is 1. The van der Waals surface area contributed by atoms with Crippen molar-refractivity contribution in [2.45, 2.75) is 25.1 Å². The highest BCUT2D eigenvalue weighted by atomic mass is 79.9. The number of hydrogen-bond donors (Lipinski definition) is 1. The van der Waals surface area contributed by atoms with E-state index >= 15 is 0 Å². The lowest BCUT2D eigenvalue weighted by atomic mass is 10.0. The minimum atomic E-state index is -4.54. The van der Waals surface area contributed by atoms with Crippen molar-refractivity contribution in [3.8, 4) is 0 Å². The number of hydrogen-bond acceptors (Lipinski definition) is 3. The van der Waals surface area contributed by atoms with Gasteiger partial charge >= 0.3 is 6.18 Å². The lowest BCUT2D eigenvalue weighted by Crippen LogP contribution is -2.48. The molecule has 0 spiro atoms. The first-order valence-electron chi connectivity index (χ1n) is 6.14. The van der Waals surface area contributed by atoms with Crippen molar-refractivity contribution >= 4 is 33.4 Å². The van der Waals surface area contributed by atoms with Crippen molar-refractivity contribution in [3.05, 3.63) is 28.2 Å². The minimum absolute atomic E-state index is 0.123. The highest BCUT2D eigenvalue weighted by Gasteiger charge is 2.36. The van der Waals surface area contributed by atoms with Crippen molar-refractivity contribution in [1.29, 1.82) is 0 Å². The molecule has 1 unspecified atom stereocenters. The molecule has 0 aliphatic carbocycles. The van der Waals surface area contributed by atoms with Crippen LogP contribution in [0.1, 0.15) is 18.4 Å². The zero-order valence-corrected chi connectivity index (χ0v) is 12.6. The molecule has 1 atom stereocenters. The molecule has 1 N–H and O–H groups in total. The number of likely N-dealkylation sites (N-methyl/N-ethyl adjacent to an activating group) is 1. The number of alkyl halides is 3. The van der Waals surface area contributed by atoms with Gasteiger partial charge in [-0.3, -0.25) is 14.5 Å². The summed E-state index contributed by atoms with van der Waals surface area (Å²) in [5.41, 5.74) is -1.03. The third-order valence-electron chi connectivity index (χ3n) is 3.27. The van der Waals surface area contributed by atoms with Gasteiger partial charge in [0.15, 0.2) is 0 Å². The van der Waals surface area contributed by atoms with E-state index in [0.717, 1.165) is 11.0 Å². The van der Waals surface area contributed by atoms with E-state index in [2.05, 4.69) is 21.2 Å². The molecular weight excluding hydrogens is 353 g/mol. The number of nitrogens with one attached hydrogen (secondary N) is 1. The Hall–Kier alpha value is -1.57. The summed E-state index contributed by atoms with van der Waals surface area (Å²) in [7, 11) is 1.32. The van der Waals surface area contributed by atoms with Crippen LogP contribution in [0, 0.1) is 0 Å². The SMILES string of the molecule is CN1C(=O)CCC(Nc2ccc(Br)cc2C(F)(F)F)C1=O. The largest absolute Gasteiger partial charge is 0.418 e. The molecule has 0 radical (unpaired) electrons.